The third-order valence-corrected chi connectivity index (χ3v) is 5.88. The SMILES string of the molecule is CCCC(CCC)(C(=N)NC(=O)c1cc(C)ccc1CCC(=O)OCC)c1ccc(F)cc1. The van der Waals surface area contributed by atoms with Crippen LogP contribution in [0.3, 0.4) is 0 Å². The monoisotopic (exact) mass is 454 g/mol. The van der Waals surface area contributed by atoms with Crippen molar-refractivity contribution < 1.29 is 18.7 Å². The van der Waals surface area contributed by atoms with Crippen LogP contribution in [0.5, 0.6) is 0 Å². The van der Waals surface area contributed by atoms with Crippen molar-refractivity contribution in [2.75, 3.05) is 6.61 Å². The topological polar surface area (TPSA) is 79.3 Å². The van der Waals surface area contributed by atoms with E-state index in [4.69, 9.17) is 10.1 Å². The van der Waals surface area contributed by atoms with Crippen molar-refractivity contribution in [1.29, 1.82) is 5.41 Å². The minimum absolute atomic E-state index is 0.112. The number of esters is 1. The number of aryl methyl sites for hydroxylation is 2. The zero-order chi connectivity index (χ0) is 24.4. The van der Waals surface area contributed by atoms with E-state index in [0.717, 1.165) is 29.5 Å². The first-order chi connectivity index (χ1) is 15.8. The Morgan fingerprint density at radius 2 is 1.67 bits per heavy atom. The predicted molar refractivity (Wildman–Crippen MR) is 129 cm³/mol. The van der Waals surface area contributed by atoms with Crippen LogP contribution >= 0.6 is 0 Å². The maximum atomic E-state index is 13.6. The molecule has 5 nitrogen and oxygen atoms in total. The Morgan fingerprint density at radius 1 is 1.03 bits per heavy atom. The van der Waals surface area contributed by atoms with Gasteiger partial charge in [-0.1, -0.05) is 56.5 Å². The van der Waals surface area contributed by atoms with Gasteiger partial charge in [0, 0.05) is 12.0 Å². The summed E-state index contributed by atoms with van der Waals surface area (Å²) in [6.45, 7) is 8.05. The van der Waals surface area contributed by atoms with Crippen LogP contribution in [0.1, 0.15) is 79.9 Å². The van der Waals surface area contributed by atoms with Crippen LogP contribution in [0.15, 0.2) is 42.5 Å². The summed E-state index contributed by atoms with van der Waals surface area (Å²) in [7, 11) is 0. The van der Waals surface area contributed by atoms with Crippen LogP contribution in [-0.4, -0.2) is 24.3 Å². The average Bonchev–Trinajstić information content (AvgIpc) is 2.78. The van der Waals surface area contributed by atoms with Gasteiger partial charge in [-0.05, 0) is 62.4 Å². The molecule has 178 valence electrons. The number of carbonyl (C=O) groups is 2. The number of nitrogens with one attached hydrogen (secondary N) is 2. The Morgan fingerprint density at radius 3 is 2.24 bits per heavy atom. The van der Waals surface area contributed by atoms with Crippen molar-refractivity contribution in [2.45, 2.75) is 71.6 Å². The lowest BCUT2D eigenvalue weighted by molar-refractivity contribution is -0.143. The zero-order valence-corrected chi connectivity index (χ0v) is 20.1. The van der Waals surface area contributed by atoms with Crippen molar-refractivity contribution in [3.05, 3.63) is 70.5 Å². The smallest absolute Gasteiger partial charge is 0.306 e. The molecule has 33 heavy (non-hydrogen) atoms. The number of ether oxygens (including phenoxy) is 1. The van der Waals surface area contributed by atoms with Crippen molar-refractivity contribution in [3.63, 3.8) is 0 Å². The maximum absolute atomic E-state index is 13.6. The fourth-order valence-electron chi connectivity index (χ4n) is 4.32. The van der Waals surface area contributed by atoms with Gasteiger partial charge >= 0.3 is 5.97 Å². The van der Waals surface area contributed by atoms with Gasteiger partial charge in [-0.25, -0.2) is 4.39 Å². The van der Waals surface area contributed by atoms with Gasteiger partial charge in [-0.15, -0.1) is 0 Å². The van der Waals surface area contributed by atoms with E-state index in [1.165, 1.54) is 12.1 Å². The number of amidine groups is 1. The first-order valence-electron chi connectivity index (χ1n) is 11.7. The first-order valence-corrected chi connectivity index (χ1v) is 11.7. The number of benzene rings is 2. The van der Waals surface area contributed by atoms with E-state index in [2.05, 4.69) is 5.32 Å². The van der Waals surface area contributed by atoms with Crippen LogP contribution in [0.4, 0.5) is 4.39 Å². The highest BCUT2D eigenvalue weighted by atomic mass is 19.1. The second kappa shape index (κ2) is 12.3. The third-order valence-electron chi connectivity index (χ3n) is 5.88. The van der Waals surface area contributed by atoms with Gasteiger partial charge in [-0.3, -0.25) is 15.0 Å². The van der Waals surface area contributed by atoms with Gasteiger partial charge in [0.05, 0.1) is 12.0 Å². The molecule has 0 heterocycles. The largest absolute Gasteiger partial charge is 0.466 e. The molecule has 2 aromatic rings. The highest BCUT2D eigenvalue weighted by molar-refractivity contribution is 6.09. The van der Waals surface area contributed by atoms with Crippen molar-refractivity contribution in [2.24, 2.45) is 0 Å². The van der Waals surface area contributed by atoms with Gasteiger partial charge in [0.15, 0.2) is 0 Å². The highest BCUT2D eigenvalue weighted by Crippen LogP contribution is 2.35. The van der Waals surface area contributed by atoms with Gasteiger partial charge in [0.2, 0.25) is 0 Å². The molecule has 0 aromatic heterocycles. The minimum Gasteiger partial charge on any atom is -0.466 e. The molecule has 0 bridgehead atoms. The van der Waals surface area contributed by atoms with Crippen molar-refractivity contribution in [3.8, 4) is 0 Å². The molecular weight excluding hydrogens is 419 g/mol. The normalized spacial score (nSPS) is 11.2. The summed E-state index contributed by atoms with van der Waals surface area (Å²) in [5, 5.41) is 11.8. The predicted octanol–water partition coefficient (Wildman–Crippen LogP) is 5.88. The molecule has 0 saturated carbocycles. The molecule has 0 fully saturated rings. The lowest BCUT2D eigenvalue weighted by atomic mass is 9.72. The van der Waals surface area contributed by atoms with E-state index < -0.39 is 5.41 Å². The molecule has 0 atom stereocenters. The minimum atomic E-state index is -0.707. The molecule has 2 N–H and O–H groups in total. The summed E-state index contributed by atoms with van der Waals surface area (Å²) in [5.74, 6) is -0.900. The summed E-state index contributed by atoms with van der Waals surface area (Å²) >= 11 is 0. The molecular formula is C27H35FN2O3. The Hall–Kier alpha value is -3.02. The second-order valence-electron chi connectivity index (χ2n) is 8.38. The number of halogens is 1. The van der Waals surface area contributed by atoms with E-state index >= 15 is 0 Å². The number of rotatable bonds is 11. The van der Waals surface area contributed by atoms with E-state index in [0.29, 0.717) is 31.4 Å². The zero-order valence-electron chi connectivity index (χ0n) is 20.1. The summed E-state index contributed by atoms with van der Waals surface area (Å²) in [5.41, 5.74) is 2.22. The molecule has 0 radical (unpaired) electrons. The van der Waals surface area contributed by atoms with Gasteiger partial charge in [-0.2, -0.15) is 0 Å². The maximum Gasteiger partial charge on any atom is 0.306 e. The van der Waals surface area contributed by atoms with Crippen LogP contribution in [-0.2, 0) is 21.4 Å². The average molecular weight is 455 g/mol. The molecule has 2 aromatic carbocycles. The molecule has 0 aliphatic carbocycles. The Bertz CT molecular complexity index is 964. The van der Waals surface area contributed by atoms with Crippen molar-refractivity contribution in [1.82, 2.24) is 5.32 Å². The molecule has 0 spiro atoms. The van der Waals surface area contributed by atoms with Crippen molar-refractivity contribution >= 4 is 17.7 Å². The van der Waals surface area contributed by atoms with Crippen LogP contribution in [0, 0.1) is 18.2 Å². The molecule has 1 amide bonds. The quantitative estimate of drug-likeness (QED) is 0.253. The fourth-order valence-corrected chi connectivity index (χ4v) is 4.32. The Labute approximate surface area is 196 Å². The molecule has 0 aliphatic rings. The lowest BCUT2D eigenvalue weighted by Crippen LogP contribution is -2.46. The van der Waals surface area contributed by atoms with Crippen LogP contribution in [0.2, 0.25) is 0 Å². The lowest BCUT2D eigenvalue weighted by Gasteiger charge is -2.35. The first kappa shape index (κ1) is 26.2. The van der Waals surface area contributed by atoms with E-state index in [9.17, 15) is 14.0 Å². The highest BCUT2D eigenvalue weighted by Gasteiger charge is 2.36. The number of carbonyl (C=O) groups excluding carboxylic acids is 2. The Kier molecular flexibility index (Phi) is 9.76. The van der Waals surface area contributed by atoms with Crippen LogP contribution in [0.25, 0.3) is 0 Å². The summed E-state index contributed by atoms with van der Waals surface area (Å²) in [6.07, 6.45) is 3.50. The number of hydrogen-bond donors (Lipinski definition) is 2. The van der Waals surface area contributed by atoms with E-state index in [-0.39, 0.29) is 30.0 Å². The molecule has 0 saturated heterocycles. The van der Waals surface area contributed by atoms with Gasteiger partial charge in [0.25, 0.3) is 5.91 Å². The van der Waals surface area contributed by atoms with E-state index in [1.807, 2.05) is 32.9 Å². The Balaban J connectivity index is 2.34. The summed E-state index contributed by atoms with van der Waals surface area (Å²) < 4.78 is 18.6. The number of hydrogen-bond acceptors (Lipinski definition) is 4. The molecule has 0 aliphatic heterocycles. The second-order valence-corrected chi connectivity index (χ2v) is 8.38. The molecule has 2 rings (SSSR count). The standard InChI is InChI=1S/C27H35FN2O3/c1-5-16-27(17-6-2,21-11-13-22(28)14-12-21)26(29)30-25(32)23-18-19(4)8-9-20(23)10-15-24(31)33-7-3/h8-9,11-14,18H,5-7,10,15-17H2,1-4H3,(H2,29,30,32). The fraction of sp³-hybridized carbons (Fsp3) is 0.444. The van der Waals surface area contributed by atoms with Gasteiger partial charge < -0.3 is 10.1 Å². The molecule has 6 heteroatoms. The van der Waals surface area contributed by atoms with Gasteiger partial charge in [0.1, 0.15) is 11.7 Å². The van der Waals surface area contributed by atoms with E-state index in [1.54, 1.807) is 25.1 Å². The number of amides is 1. The van der Waals surface area contributed by atoms with Crippen LogP contribution < -0.4 is 5.32 Å². The third kappa shape index (κ3) is 6.73. The summed E-state index contributed by atoms with van der Waals surface area (Å²) in [6, 6.07) is 11.7. The summed E-state index contributed by atoms with van der Waals surface area (Å²) in [4.78, 5) is 25.1. The molecule has 0 unspecified atom stereocenters.